The Labute approximate surface area is 135 Å². The Bertz CT molecular complexity index is 293. The molecular weight excluding hydrogens is 288 g/mol. The molecule has 4 nitrogen and oxygen atoms in total. The van der Waals surface area contributed by atoms with Crippen LogP contribution in [0.1, 0.15) is 51.4 Å². The number of hydrogen-bond donors (Lipinski definition) is 2. The van der Waals surface area contributed by atoms with Gasteiger partial charge in [0, 0.05) is 25.0 Å². The summed E-state index contributed by atoms with van der Waals surface area (Å²) in [5, 5.41) is 6.62. The van der Waals surface area contributed by atoms with Gasteiger partial charge in [0.2, 0.25) is 5.91 Å². The maximum atomic E-state index is 12.4. The van der Waals surface area contributed by atoms with Crippen LogP contribution in [0.4, 0.5) is 0 Å². The summed E-state index contributed by atoms with van der Waals surface area (Å²) >= 11 is 0. The molecule has 1 amide bonds. The molecule has 2 fully saturated rings. The van der Waals surface area contributed by atoms with Crippen LogP contribution in [0.2, 0.25) is 0 Å². The minimum atomic E-state index is 0. The smallest absolute Gasteiger partial charge is 0.223 e. The second-order valence-electron chi connectivity index (χ2n) is 6.59. The molecule has 0 unspecified atom stereocenters. The average molecular weight is 319 g/mol. The van der Waals surface area contributed by atoms with Crippen molar-refractivity contribution in [3.63, 3.8) is 0 Å². The van der Waals surface area contributed by atoms with Gasteiger partial charge in [-0.15, -0.1) is 12.4 Å². The fourth-order valence-corrected chi connectivity index (χ4v) is 3.60. The molecule has 0 aromatic heterocycles. The molecule has 1 saturated heterocycles. The van der Waals surface area contributed by atoms with Gasteiger partial charge in [-0.05, 0) is 38.8 Å². The van der Waals surface area contributed by atoms with E-state index < -0.39 is 0 Å². The van der Waals surface area contributed by atoms with E-state index in [9.17, 15) is 4.79 Å². The third kappa shape index (κ3) is 5.76. The summed E-state index contributed by atoms with van der Waals surface area (Å²) in [5.41, 5.74) is 0.139. The summed E-state index contributed by atoms with van der Waals surface area (Å²) in [6.07, 6.45) is 9.34. The van der Waals surface area contributed by atoms with E-state index in [2.05, 4.69) is 10.6 Å². The number of nitrogens with one attached hydrogen (secondary N) is 2. The van der Waals surface area contributed by atoms with Crippen LogP contribution in [-0.2, 0) is 9.53 Å². The predicted molar refractivity (Wildman–Crippen MR) is 87.9 cm³/mol. The van der Waals surface area contributed by atoms with E-state index >= 15 is 0 Å². The number of hydrogen-bond acceptors (Lipinski definition) is 3. The number of carbonyl (C=O) groups is 1. The number of ether oxygens (including phenoxy) is 1. The molecule has 1 heterocycles. The molecule has 124 valence electrons. The van der Waals surface area contributed by atoms with Crippen LogP contribution < -0.4 is 10.6 Å². The van der Waals surface area contributed by atoms with Gasteiger partial charge in [0.25, 0.3) is 0 Å². The first-order valence-corrected chi connectivity index (χ1v) is 8.23. The van der Waals surface area contributed by atoms with Crippen LogP contribution in [0.3, 0.4) is 0 Å². The molecule has 0 aromatic rings. The van der Waals surface area contributed by atoms with Gasteiger partial charge < -0.3 is 15.4 Å². The summed E-state index contributed by atoms with van der Waals surface area (Å²) in [5.74, 6) is 0.528. The van der Waals surface area contributed by atoms with Crippen LogP contribution >= 0.6 is 12.4 Å². The molecule has 0 bridgehead atoms. The molecule has 1 aliphatic heterocycles. The van der Waals surface area contributed by atoms with Crippen molar-refractivity contribution in [3.05, 3.63) is 0 Å². The number of methoxy groups -OCH3 is 1. The van der Waals surface area contributed by atoms with Gasteiger partial charge >= 0.3 is 0 Å². The second-order valence-corrected chi connectivity index (χ2v) is 6.59. The molecule has 2 aliphatic rings. The van der Waals surface area contributed by atoms with Gasteiger partial charge in [-0.2, -0.15) is 0 Å². The lowest BCUT2D eigenvalue weighted by molar-refractivity contribution is -0.126. The van der Waals surface area contributed by atoms with E-state index in [0.717, 1.165) is 51.9 Å². The van der Waals surface area contributed by atoms with Gasteiger partial charge in [-0.3, -0.25) is 4.79 Å². The molecular formula is C16H31ClN2O2. The van der Waals surface area contributed by atoms with Crippen LogP contribution in [0.15, 0.2) is 0 Å². The minimum Gasteiger partial charge on any atom is -0.384 e. The largest absolute Gasteiger partial charge is 0.384 e. The molecule has 0 aromatic carbocycles. The quantitative estimate of drug-likeness (QED) is 0.766. The summed E-state index contributed by atoms with van der Waals surface area (Å²) in [7, 11) is 1.76. The van der Waals surface area contributed by atoms with Crippen molar-refractivity contribution in [2.75, 3.05) is 33.4 Å². The zero-order valence-corrected chi connectivity index (χ0v) is 14.1. The van der Waals surface area contributed by atoms with Crippen molar-refractivity contribution in [1.82, 2.24) is 10.6 Å². The lowest BCUT2D eigenvalue weighted by atomic mass is 9.79. The Kier molecular flexibility index (Phi) is 8.60. The van der Waals surface area contributed by atoms with E-state index in [1.165, 1.54) is 25.7 Å². The Morgan fingerprint density at radius 2 is 1.81 bits per heavy atom. The summed E-state index contributed by atoms with van der Waals surface area (Å²) in [6, 6.07) is 0. The molecule has 0 atom stereocenters. The number of piperidine rings is 1. The standard InChI is InChI=1S/C16H30N2O2.ClH/c1-20-13-16(8-10-17-11-9-16)12-18-15(19)14-6-4-2-3-5-7-14;/h14,17H,2-13H2,1H3,(H,18,19);1H. The molecule has 0 radical (unpaired) electrons. The highest BCUT2D eigenvalue weighted by Crippen LogP contribution is 2.29. The number of carbonyl (C=O) groups excluding carboxylic acids is 1. The molecule has 2 rings (SSSR count). The lowest BCUT2D eigenvalue weighted by Gasteiger charge is -2.37. The van der Waals surface area contributed by atoms with Gasteiger partial charge in [-0.25, -0.2) is 0 Å². The predicted octanol–water partition coefficient (Wildman–Crippen LogP) is 2.51. The van der Waals surface area contributed by atoms with Crippen LogP contribution in [0.5, 0.6) is 0 Å². The highest BCUT2D eigenvalue weighted by Gasteiger charge is 2.33. The average Bonchev–Trinajstić information content (AvgIpc) is 2.75. The van der Waals surface area contributed by atoms with E-state index in [4.69, 9.17) is 4.74 Å². The Morgan fingerprint density at radius 3 is 2.38 bits per heavy atom. The summed E-state index contributed by atoms with van der Waals surface area (Å²) in [4.78, 5) is 12.4. The fraction of sp³-hybridized carbons (Fsp3) is 0.938. The molecule has 21 heavy (non-hydrogen) atoms. The summed E-state index contributed by atoms with van der Waals surface area (Å²) in [6.45, 7) is 3.59. The monoisotopic (exact) mass is 318 g/mol. The third-order valence-corrected chi connectivity index (χ3v) is 4.98. The van der Waals surface area contributed by atoms with Crippen molar-refractivity contribution < 1.29 is 9.53 Å². The normalized spacial score (nSPS) is 22.9. The van der Waals surface area contributed by atoms with Gasteiger partial charge in [0.15, 0.2) is 0 Å². The third-order valence-electron chi connectivity index (χ3n) is 4.98. The zero-order chi connectivity index (χ0) is 14.3. The SMILES string of the molecule is COCC1(CNC(=O)C2CCCCCC2)CCNCC1.Cl. The molecule has 1 aliphatic carbocycles. The second kappa shape index (κ2) is 9.65. The van der Waals surface area contributed by atoms with E-state index in [-0.39, 0.29) is 29.6 Å². The molecule has 2 N–H and O–H groups in total. The van der Waals surface area contributed by atoms with Gasteiger partial charge in [-0.1, -0.05) is 25.7 Å². The van der Waals surface area contributed by atoms with Crippen molar-refractivity contribution in [2.45, 2.75) is 51.4 Å². The highest BCUT2D eigenvalue weighted by molar-refractivity contribution is 5.85. The van der Waals surface area contributed by atoms with Gasteiger partial charge in [0.1, 0.15) is 0 Å². The van der Waals surface area contributed by atoms with Crippen molar-refractivity contribution in [3.8, 4) is 0 Å². The van der Waals surface area contributed by atoms with E-state index in [0.29, 0.717) is 0 Å². The molecule has 1 saturated carbocycles. The Hall–Kier alpha value is -0.320. The number of rotatable bonds is 5. The fourth-order valence-electron chi connectivity index (χ4n) is 3.60. The molecule has 0 spiro atoms. The maximum Gasteiger partial charge on any atom is 0.223 e. The first-order valence-electron chi connectivity index (χ1n) is 8.23. The van der Waals surface area contributed by atoms with E-state index in [1.54, 1.807) is 7.11 Å². The first-order chi connectivity index (χ1) is 9.76. The topological polar surface area (TPSA) is 50.4 Å². The van der Waals surface area contributed by atoms with Crippen LogP contribution in [0.25, 0.3) is 0 Å². The van der Waals surface area contributed by atoms with Crippen LogP contribution in [-0.4, -0.2) is 39.3 Å². The number of halogens is 1. The Balaban J connectivity index is 0.00000220. The van der Waals surface area contributed by atoms with Gasteiger partial charge in [0.05, 0.1) is 6.61 Å². The highest BCUT2D eigenvalue weighted by atomic mass is 35.5. The summed E-state index contributed by atoms with van der Waals surface area (Å²) < 4.78 is 5.40. The maximum absolute atomic E-state index is 12.4. The van der Waals surface area contributed by atoms with E-state index in [1.807, 2.05) is 0 Å². The minimum absolute atomic E-state index is 0. The molecule has 5 heteroatoms. The Morgan fingerprint density at radius 1 is 1.19 bits per heavy atom. The zero-order valence-electron chi connectivity index (χ0n) is 13.3. The van der Waals surface area contributed by atoms with Crippen molar-refractivity contribution in [1.29, 1.82) is 0 Å². The van der Waals surface area contributed by atoms with Crippen molar-refractivity contribution >= 4 is 18.3 Å². The van der Waals surface area contributed by atoms with Crippen LogP contribution in [0, 0.1) is 11.3 Å². The lowest BCUT2D eigenvalue weighted by Crippen LogP contribution is -2.48. The van der Waals surface area contributed by atoms with Crippen molar-refractivity contribution in [2.24, 2.45) is 11.3 Å². The number of amides is 1. The first kappa shape index (κ1) is 18.7.